The standard InChI is InChI=1S/C20H32ClNO7S/c1-12(2)6-7-14-18(3,29-14)20(26)16(27-4)13(8-9-19(20,25)11-30-5)28-17(24)22-15(23)10-21/h6,13-14,16,25-26H,7-11H2,1-5H3,(H,22,23,24). The highest BCUT2D eigenvalue weighted by Gasteiger charge is 2.77. The van der Waals surface area contributed by atoms with E-state index in [1.807, 2.05) is 31.5 Å². The molecular formula is C20H32ClNO7S. The second-order valence-corrected chi connectivity index (χ2v) is 9.42. The number of alkyl halides is 1. The Morgan fingerprint density at radius 2 is 2.03 bits per heavy atom. The maximum Gasteiger partial charge on any atom is 0.414 e. The predicted molar refractivity (Wildman–Crippen MR) is 115 cm³/mol. The number of amides is 2. The number of epoxide rings is 1. The van der Waals surface area contributed by atoms with Crippen LogP contribution in [-0.2, 0) is 19.0 Å². The van der Waals surface area contributed by atoms with Crippen molar-refractivity contribution in [2.45, 2.75) is 75.1 Å². The molecule has 1 saturated carbocycles. The third-order valence-electron chi connectivity index (χ3n) is 6.00. The first kappa shape index (κ1) is 25.4. The molecule has 0 aromatic rings. The Bertz CT molecular complexity index is 688. The highest BCUT2D eigenvalue weighted by molar-refractivity contribution is 7.98. The molecule has 0 aromatic heterocycles. The molecule has 0 radical (unpaired) electrons. The highest BCUT2D eigenvalue weighted by Crippen LogP contribution is 2.57. The van der Waals surface area contributed by atoms with E-state index in [0.717, 1.165) is 5.57 Å². The van der Waals surface area contributed by atoms with Crippen LogP contribution in [0.2, 0.25) is 0 Å². The molecule has 0 bridgehead atoms. The number of carbonyl (C=O) groups excluding carboxylic acids is 2. The Morgan fingerprint density at radius 1 is 1.37 bits per heavy atom. The molecule has 172 valence electrons. The number of carbonyl (C=O) groups is 2. The summed E-state index contributed by atoms with van der Waals surface area (Å²) in [5, 5.41) is 25.5. The molecule has 8 nitrogen and oxygen atoms in total. The lowest BCUT2D eigenvalue weighted by atomic mass is 9.62. The van der Waals surface area contributed by atoms with Crippen molar-refractivity contribution in [3.05, 3.63) is 11.6 Å². The van der Waals surface area contributed by atoms with Gasteiger partial charge in [-0.1, -0.05) is 11.6 Å². The largest absolute Gasteiger partial charge is 0.443 e. The number of alkyl carbamates (subject to hydrolysis) is 1. The fourth-order valence-electron chi connectivity index (χ4n) is 4.39. The minimum atomic E-state index is -1.85. The summed E-state index contributed by atoms with van der Waals surface area (Å²) in [6.45, 7) is 5.69. The second kappa shape index (κ2) is 9.75. The summed E-state index contributed by atoms with van der Waals surface area (Å²) in [5.41, 5.74) is -3.36. The van der Waals surface area contributed by atoms with Gasteiger partial charge in [-0.3, -0.25) is 10.1 Å². The van der Waals surface area contributed by atoms with E-state index in [1.165, 1.54) is 18.9 Å². The molecule has 1 aliphatic carbocycles. The summed E-state index contributed by atoms with van der Waals surface area (Å²) in [4.78, 5) is 23.5. The summed E-state index contributed by atoms with van der Waals surface area (Å²) in [6.07, 6.45) is 1.57. The summed E-state index contributed by atoms with van der Waals surface area (Å²) in [7, 11) is 1.38. The van der Waals surface area contributed by atoms with Gasteiger partial charge in [0.2, 0.25) is 5.91 Å². The van der Waals surface area contributed by atoms with Crippen molar-refractivity contribution in [1.82, 2.24) is 5.32 Å². The molecule has 0 spiro atoms. The molecule has 2 aliphatic rings. The van der Waals surface area contributed by atoms with E-state index in [4.69, 9.17) is 25.8 Å². The van der Waals surface area contributed by atoms with Crippen LogP contribution in [0.1, 0.15) is 40.0 Å². The van der Waals surface area contributed by atoms with Gasteiger partial charge in [0.15, 0.2) is 5.60 Å². The van der Waals surface area contributed by atoms with Crippen LogP contribution < -0.4 is 5.32 Å². The fraction of sp³-hybridized carbons (Fsp3) is 0.800. The molecule has 6 atom stereocenters. The number of aliphatic hydroxyl groups is 2. The van der Waals surface area contributed by atoms with Gasteiger partial charge in [0.25, 0.3) is 0 Å². The quantitative estimate of drug-likeness (QED) is 0.283. The predicted octanol–water partition coefficient (Wildman–Crippen LogP) is 1.99. The van der Waals surface area contributed by atoms with Gasteiger partial charge in [-0.25, -0.2) is 4.79 Å². The number of allylic oxidation sites excluding steroid dienone is 1. The van der Waals surface area contributed by atoms with Crippen LogP contribution in [0.15, 0.2) is 11.6 Å². The maximum absolute atomic E-state index is 12.1. The zero-order valence-electron chi connectivity index (χ0n) is 18.1. The van der Waals surface area contributed by atoms with Crippen LogP contribution in [0.5, 0.6) is 0 Å². The zero-order valence-corrected chi connectivity index (χ0v) is 19.6. The second-order valence-electron chi connectivity index (χ2n) is 8.28. The Labute approximate surface area is 186 Å². The average molecular weight is 466 g/mol. The Morgan fingerprint density at radius 3 is 2.57 bits per heavy atom. The normalized spacial score (nSPS) is 37.9. The number of hydrogen-bond acceptors (Lipinski definition) is 8. The number of nitrogens with one attached hydrogen (secondary N) is 1. The smallest absolute Gasteiger partial charge is 0.414 e. The van der Waals surface area contributed by atoms with Crippen LogP contribution in [0.3, 0.4) is 0 Å². The minimum Gasteiger partial charge on any atom is -0.443 e. The molecule has 1 heterocycles. The van der Waals surface area contributed by atoms with Gasteiger partial charge in [-0.15, -0.1) is 11.6 Å². The van der Waals surface area contributed by atoms with Gasteiger partial charge in [0, 0.05) is 12.9 Å². The first-order valence-electron chi connectivity index (χ1n) is 9.83. The number of methoxy groups -OCH3 is 1. The molecule has 10 heteroatoms. The lowest BCUT2D eigenvalue weighted by Crippen LogP contribution is -2.75. The van der Waals surface area contributed by atoms with Gasteiger partial charge in [-0.2, -0.15) is 11.8 Å². The summed E-state index contributed by atoms with van der Waals surface area (Å²) in [6, 6.07) is 0. The van der Waals surface area contributed by atoms with Crippen molar-refractivity contribution < 1.29 is 34.0 Å². The molecule has 1 saturated heterocycles. The number of thioether (sulfide) groups is 1. The monoisotopic (exact) mass is 465 g/mol. The number of halogens is 1. The van der Waals surface area contributed by atoms with Crippen molar-refractivity contribution >= 4 is 35.4 Å². The number of imide groups is 1. The van der Waals surface area contributed by atoms with E-state index in [2.05, 4.69) is 0 Å². The van der Waals surface area contributed by atoms with Crippen molar-refractivity contribution in [3.63, 3.8) is 0 Å². The van der Waals surface area contributed by atoms with E-state index >= 15 is 0 Å². The van der Waals surface area contributed by atoms with Crippen LogP contribution in [0.25, 0.3) is 0 Å². The van der Waals surface area contributed by atoms with E-state index in [0.29, 0.717) is 6.42 Å². The van der Waals surface area contributed by atoms with Gasteiger partial charge < -0.3 is 24.4 Å². The lowest BCUT2D eigenvalue weighted by Gasteiger charge is -2.54. The van der Waals surface area contributed by atoms with Crippen LogP contribution in [0, 0.1) is 0 Å². The molecule has 0 aromatic carbocycles. The first-order chi connectivity index (χ1) is 14.0. The third kappa shape index (κ3) is 4.66. The topological polar surface area (TPSA) is 118 Å². The van der Waals surface area contributed by atoms with Crippen molar-refractivity contribution in [3.8, 4) is 0 Å². The van der Waals surface area contributed by atoms with Crippen LogP contribution in [0.4, 0.5) is 4.79 Å². The van der Waals surface area contributed by atoms with Crippen LogP contribution in [-0.4, -0.2) is 82.3 Å². The summed E-state index contributed by atoms with van der Waals surface area (Å²) in [5.74, 6) is -0.829. The van der Waals surface area contributed by atoms with Gasteiger partial charge >= 0.3 is 6.09 Å². The number of hydrogen-bond donors (Lipinski definition) is 3. The van der Waals surface area contributed by atoms with Gasteiger partial charge in [-0.05, 0) is 46.3 Å². The summed E-state index contributed by atoms with van der Waals surface area (Å²) >= 11 is 6.81. The van der Waals surface area contributed by atoms with Gasteiger partial charge in [0.1, 0.15) is 29.3 Å². The SMILES string of the molecule is COC1C(OC(=O)NC(=O)CCl)CCC(O)(CSC)C1(O)C1(C)OC1CC=C(C)C. The number of rotatable bonds is 8. The Balaban J connectivity index is 2.34. The molecule has 2 fully saturated rings. The molecule has 1 aliphatic heterocycles. The maximum atomic E-state index is 12.1. The molecule has 30 heavy (non-hydrogen) atoms. The average Bonchev–Trinajstić information content (AvgIpc) is 3.35. The summed E-state index contributed by atoms with van der Waals surface area (Å²) < 4.78 is 16.9. The van der Waals surface area contributed by atoms with Crippen molar-refractivity contribution in [2.24, 2.45) is 0 Å². The molecular weight excluding hydrogens is 434 g/mol. The molecule has 6 unspecified atom stereocenters. The van der Waals surface area contributed by atoms with E-state index < -0.39 is 41.0 Å². The zero-order chi connectivity index (χ0) is 22.7. The first-order valence-corrected chi connectivity index (χ1v) is 11.8. The molecule has 2 rings (SSSR count). The van der Waals surface area contributed by atoms with Crippen molar-refractivity contribution in [2.75, 3.05) is 25.0 Å². The third-order valence-corrected chi connectivity index (χ3v) is 7.01. The minimum absolute atomic E-state index is 0.167. The fourth-order valence-corrected chi connectivity index (χ4v) is 5.30. The van der Waals surface area contributed by atoms with E-state index in [9.17, 15) is 19.8 Å². The Kier molecular flexibility index (Phi) is 8.26. The highest BCUT2D eigenvalue weighted by atomic mass is 35.5. The lowest BCUT2D eigenvalue weighted by molar-refractivity contribution is -0.271. The molecule has 2 amide bonds. The number of ether oxygens (including phenoxy) is 3. The van der Waals surface area contributed by atoms with E-state index in [-0.39, 0.29) is 30.6 Å². The Hall–Kier alpha value is -0.840. The van der Waals surface area contributed by atoms with Gasteiger partial charge in [0.05, 0.1) is 6.10 Å². The van der Waals surface area contributed by atoms with E-state index in [1.54, 1.807) is 6.92 Å². The molecule has 3 N–H and O–H groups in total. The van der Waals surface area contributed by atoms with Crippen molar-refractivity contribution in [1.29, 1.82) is 0 Å². The van der Waals surface area contributed by atoms with Crippen LogP contribution >= 0.6 is 23.4 Å².